The number of rotatable bonds is 4. The molecule has 0 saturated carbocycles. The first-order valence-electron chi connectivity index (χ1n) is 6.10. The zero-order chi connectivity index (χ0) is 14.5. The second kappa shape index (κ2) is 6.78. The SMILES string of the molecule is O=C(NCC1COCCN1)c1cc(Br)cc([N+](=O)[O-])c1. The molecule has 1 aromatic carbocycles. The Balaban J connectivity index is 1.99. The average molecular weight is 344 g/mol. The quantitative estimate of drug-likeness (QED) is 0.630. The molecule has 0 spiro atoms. The number of nitrogens with zero attached hydrogens (tertiary/aromatic N) is 1. The molecule has 1 amide bonds. The molecule has 1 aromatic rings. The van der Waals surface area contributed by atoms with Crippen molar-refractivity contribution >= 4 is 27.5 Å². The van der Waals surface area contributed by atoms with Crippen molar-refractivity contribution < 1.29 is 14.5 Å². The normalized spacial score (nSPS) is 18.6. The van der Waals surface area contributed by atoms with Crippen LogP contribution >= 0.6 is 15.9 Å². The fourth-order valence-corrected chi connectivity index (χ4v) is 2.36. The van der Waals surface area contributed by atoms with Crippen molar-refractivity contribution in [3.05, 3.63) is 38.3 Å². The molecule has 0 aliphatic carbocycles. The number of nitro groups is 1. The standard InChI is InChI=1S/C12H14BrN3O4/c13-9-3-8(4-11(5-9)16(18)19)12(17)15-6-10-7-20-2-1-14-10/h3-5,10,14H,1-2,6-7H2,(H,15,17). The maximum Gasteiger partial charge on any atom is 0.271 e. The minimum absolute atomic E-state index is 0.0647. The van der Waals surface area contributed by atoms with Gasteiger partial charge in [0, 0.05) is 41.3 Å². The number of ether oxygens (including phenoxy) is 1. The van der Waals surface area contributed by atoms with E-state index in [-0.39, 0.29) is 23.2 Å². The van der Waals surface area contributed by atoms with Crippen molar-refractivity contribution in [2.45, 2.75) is 6.04 Å². The first-order valence-corrected chi connectivity index (χ1v) is 6.90. The number of non-ortho nitro benzene ring substituents is 1. The number of nitro benzene ring substituents is 1. The van der Waals surface area contributed by atoms with Crippen LogP contribution in [0.15, 0.2) is 22.7 Å². The number of morpholine rings is 1. The smallest absolute Gasteiger partial charge is 0.271 e. The van der Waals surface area contributed by atoms with Gasteiger partial charge in [-0.3, -0.25) is 14.9 Å². The van der Waals surface area contributed by atoms with Gasteiger partial charge in [0.15, 0.2) is 0 Å². The second-order valence-electron chi connectivity index (χ2n) is 4.39. The van der Waals surface area contributed by atoms with Gasteiger partial charge in [-0.05, 0) is 6.07 Å². The molecular formula is C12H14BrN3O4. The highest BCUT2D eigenvalue weighted by Crippen LogP contribution is 2.21. The number of benzene rings is 1. The van der Waals surface area contributed by atoms with Gasteiger partial charge < -0.3 is 15.4 Å². The number of amides is 1. The first-order chi connectivity index (χ1) is 9.56. The summed E-state index contributed by atoms with van der Waals surface area (Å²) in [5, 5.41) is 16.7. The molecule has 2 N–H and O–H groups in total. The summed E-state index contributed by atoms with van der Waals surface area (Å²) in [6.07, 6.45) is 0. The molecule has 1 heterocycles. The van der Waals surface area contributed by atoms with Crippen LogP contribution in [-0.4, -0.2) is 43.2 Å². The van der Waals surface area contributed by atoms with Crippen LogP contribution in [0, 0.1) is 10.1 Å². The van der Waals surface area contributed by atoms with Gasteiger partial charge in [0.1, 0.15) is 0 Å². The summed E-state index contributed by atoms with van der Waals surface area (Å²) in [5.74, 6) is -0.346. The summed E-state index contributed by atoms with van der Waals surface area (Å²) in [6, 6.07) is 4.22. The van der Waals surface area contributed by atoms with E-state index in [9.17, 15) is 14.9 Å². The monoisotopic (exact) mass is 343 g/mol. The minimum Gasteiger partial charge on any atom is -0.378 e. The highest BCUT2D eigenvalue weighted by molar-refractivity contribution is 9.10. The third-order valence-electron chi connectivity index (χ3n) is 2.86. The lowest BCUT2D eigenvalue weighted by atomic mass is 10.2. The van der Waals surface area contributed by atoms with Gasteiger partial charge in [0.25, 0.3) is 11.6 Å². The van der Waals surface area contributed by atoms with Crippen LogP contribution in [-0.2, 0) is 4.74 Å². The third kappa shape index (κ3) is 3.99. The van der Waals surface area contributed by atoms with Gasteiger partial charge >= 0.3 is 0 Å². The lowest BCUT2D eigenvalue weighted by Crippen LogP contribution is -2.48. The van der Waals surface area contributed by atoms with Gasteiger partial charge in [-0.25, -0.2) is 0 Å². The molecule has 1 aliphatic rings. The lowest BCUT2D eigenvalue weighted by Gasteiger charge is -2.23. The molecule has 1 saturated heterocycles. The van der Waals surface area contributed by atoms with Crippen molar-refractivity contribution in [1.29, 1.82) is 0 Å². The van der Waals surface area contributed by atoms with Crippen LogP contribution in [0.25, 0.3) is 0 Å². The fraction of sp³-hybridized carbons (Fsp3) is 0.417. The van der Waals surface area contributed by atoms with Crippen molar-refractivity contribution in [1.82, 2.24) is 10.6 Å². The molecule has 0 bridgehead atoms. The van der Waals surface area contributed by atoms with E-state index in [2.05, 4.69) is 26.6 Å². The molecule has 8 heteroatoms. The fourth-order valence-electron chi connectivity index (χ4n) is 1.88. The molecular weight excluding hydrogens is 330 g/mol. The molecule has 0 radical (unpaired) electrons. The number of halogens is 1. The third-order valence-corrected chi connectivity index (χ3v) is 3.32. The van der Waals surface area contributed by atoms with E-state index in [1.165, 1.54) is 12.1 Å². The molecule has 0 aromatic heterocycles. The first kappa shape index (κ1) is 14.9. The number of nitrogens with one attached hydrogen (secondary N) is 2. The Hall–Kier alpha value is -1.51. The van der Waals surface area contributed by atoms with Crippen molar-refractivity contribution in [3.8, 4) is 0 Å². The van der Waals surface area contributed by atoms with Gasteiger partial charge in [-0.1, -0.05) is 15.9 Å². The molecule has 1 atom stereocenters. The zero-order valence-corrected chi connectivity index (χ0v) is 12.2. The van der Waals surface area contributed by atoms with Crippen molar-refractivity contribution in [2.75, 3.05) is 26.3 Å². The number of carbonyl (C=O) groups excluding carboxylic acids is 1. The Kier molecular flexibility index (Phi) is 5.05. The molecule has 1 fully saturated rings. The maximum atomic E-state index is 12.0. The van der Waals surface area contributed by atoms with E-state index in [1.54, 1.807) is 6.07 Å². The highest BCUT2D eigenvalue weighted by atomic mass is 79.9. The van der Waals surface area contributed by atoms with Crippen LogP contribution in [0.4, 0.5) is 5.69 Å². The average Bonchev–Trinajstić information content (AvgIpc) is 2.45. The summed E-state index contributed by atoms with van der Waals surface area (Å²) < 4.78 is 5.78. The number of carbonyl (C=O) groups is 1. The largest absolute Gasteiger partial charge is 0.378 e. The second-order valence-corrected chi connectivity index (χ2v) is 5.31. The van der Waals surface area contributed by atoms with E-state index >= 15 is 0 Å². The van der Waals surface area contributed by atoms with Gasteiger partial charge in [0.2, 0.25) is 0 Å². The highest BCUT2D eigenvalue weighted by Gasteiger charge is 2.17. The van der Waals surface area contributed by atoms with E-state index in [4.69, 9.17) is 4.74 Å². The topological polar surface area (TPSA) is 93.5 Å². The number of hydrogen-bond donors (Lipinski definition) is 2. The van der Waals surface area contributed by atoms with E-state index < -0.39 is 4.92 Å². The van der Waals surface area contributed by atoms with Crippen molar-refractivity contribution in [2.24, 2.45) is 0 Å². The zero-order valence-electron chi connectivity index (χ0n) is 10.6. The van der Waals surface area contributed by atoms with Gasteiger partial charge in [0.05, 0.1) is 18.1 Å². The summed E-state index contributed by atoms with van der Waals surface area (Å²) in [7, 11) is 0. The predicted molar refractivity (Wildman–Crippen MR) is 75.7 cm³/mol. The summed E-state index contributed by atoms with van der Waals surface area (Å²) in [5.41, 5.74) is 0.131. The molecule has 108 valence electrons. The molecule has 2 rings (SSSR count). The molecule has 1 unspecified atom stereocenters. The van der Waals surface area contributed by atoms with E-state index in [0.717, 1.165) is 6.54 Å². The van der Waals surface area contributed by atoms with Crippen molar-refractivity contribution in [3.63, 3.8) is 0 Å². The Morgan fingerprint density at radius 1 is 1.55 bits per heavy atom. The van der Waals surface area contributed by atoms with E-state index in [1.807, 2.05) is 0 Å². The van der Waals surface area contributed by atoms with Crippen LogP contribution < -0.4 is 10.6 Å². The number of hydrogen-bond acceptors (Lipinski definition) is 5. The van der Waals surface area contributed by atoms with Crippen LogP contribution in [0.3, 0.4) is 0 Å². The summed E-state index contributed by atoms with van der Waals surface area (Å²) in [4.78, 5) is 22.2. The lowest BCUT2D eigenvalue weighted by molar-refractivity contribution is -0.385. The Morgan fingerprint density at radius 3 is 3.00 bits per heavy atom. The Bertz CT molecular complexity index is 517. The Labute approximate surface area is 124 Å². The molecule has 20 heavy (non-hydrogen) atoms. The van der Waals surface area contributed by atoms with Crippen LogP contribution in [0.5, 0.6) is 0 Å². The predicted octanol–water partition coefficient (Wildman–Crippen LogP) is 1.08. The summed E-state index contributed by atoms with van der Waals surface area (Å²) in [6.45, 7) is 2.38. The summed E-state index contributed by atoms with van der Waals surface area (Å²) >= 11 is 3.16. The molecule has 7 nitrogen and oxygen atoms in total. The van der Waals surface area contributed by atoms with Gasteiger partial charge in [-0.15, -0.1) is 0 Å². The Morgan fingerprint density at radius 2 is 2.35 bits per heavy atom. The van der Waals surface area contributed by atoms with Crippen LogP contribution in [0.2, 0.25) is 0 Å². The maximum absolute atomic E-state index is 12.0. The van der Waals surface area contributed by atoms with E-state index in [0.29, 0.717) is 24.2 Å². The van der Waals surface area contributed by atoms with Gasteiger partial charge in [-0.2, -0.15) is 0 Å². The minimum atomic E-state index is -0.530. The van der Waals surface area contributed by atoms with Crippen LogP contribution in [0.1, 0.15) is 10.4 Å². The molecule has 1 aliphatic heterocycles.